The number of nitrogens with zero attached hydrogens (tertiary/aromatic N) is 3. The van der Waals surface area contributed by atoms with Gasteiger partial charge < -0.3 is 10.6 Å². The van der Waals surface area contributed by atoms with Gasteiger partial charge in [0.2, 0.25) is 5.16 Å². The molecule has 12 heteroatoms. The van der Waals surface area contributed by atoms with Gasteiger partial charge in [-0.25, -0.2) is 4.68 Å². The molecule has 0 saturated carbocycles. The molecule has 23 heavy (non-hydrogen) atoms. The van der Waals surface area contributed by atoms with E-state index in [1.807, 2.05) is 0 Å². The van der Waals surface area contributed by atoms with Crippen molar-refractivity contribution in [2.24, 2.45) is 0 Å². The first-order valence-electron chi connectivity index (χ1n) is 5.81. The quantitative estimate of drug-likeness (QED) is 0.517. The maximum atomic E-state index is 12.5. The summed E-state index contributed by atoms with van der Waals surface area (Å²) >= 11 is 0.857. The molecule has 0 aliphatic rings. The van der Waals surface area contributed by atoms with Gasteiger partial charge in [-0.2, -0.15) is 13.2 Å². The van der Waals surface area contributed by atoms with Crippen LogP contribution in [0.3, 0.4) is 0 Å². The van der Waals surface area contributed by atoms with E-state index in [1.54, 1.807) is 0 Å². The zero-order valence-corrected chi connectivity index (χ0v) is 11.8. The molecule has 0 fully saturated rings. The van der Waals surface area contributed by atoms with Crippen LogP contribution in [0.25, 0.3) is 0 Å². The van der Waals surface area contributed by atoms with Crippen molar-refractivity contribution in [1.82, 2.24) is 14.9 Å². The lowest BCUT2D eigenvalue weighted by atomic mass is 10.2. The molecule has 2 N–H and O–H groups in total. The molecule has 126 valence electrons. The van der Waals surface area contributed by atoms with Crippen molar-refractivity contribution >= 4 is 11.8 Å². The number of nitrogen functional groups attached to an aromatic ring is 1. The first-order valence-corrected chi connectivity index (χ1v) is 6.80. The molecule has 0 bridgehead atoms. The van der Waals surface area contributed by atoms with Crippen LogP contribution in [-0.4, -0.2) is 21.2 Å². The van der Waals surface area contributed by atoms with E-state index < -0.39 is 24.1 Å². The number of aromatic nitrogens is 3. The molecule has 2 rings (SSSR count). The lowest BCUT2D eigenvalue weighted by Gasteiger charge is -2.09. The first kappa shape index (κ1) is 17.2. The van der Waals surface area contributed by atoms with E-state index in [4.69, 9.17) is 5.84 Å². The zero-order valence-electron chi connectivity index (χ0n) is 11.0. The molecule has 0 aliphatic carbocycles. The minimum absolute atomic E-state index is 0.138. The monoisotopic (exact) mass is 358 g/mol. The topological polar surface area (TPSA) is 66.0 Å². The van der Waals surface area contributed by atoms with Gasteiger partial charge in [-0.05, 0) is 17.7 Å². The van der Waals surface area contributed by atoms with E-state index in [1.165, 1.54) is 12.1 Å². The van der Waals surface area contributed by atoms with Gasteiger partial charge in [0.1, 0.15) is 5.75 Å². The number of ether oxygens (including phenoxy) is 1. The van der Waals surface area contributed by atoms with Crippen LogP contribution in [-0.2, 0) is 11.9 Å². The number of alkyl halides is 6. The van der Waals surface area contributed by atoms with Crippen molar-refractivity contribution < 1.29 is 31.1 Å². The number of halogens is 6. The summed E-state index contributed by atoms with van der Waals surface area (Å²) in [6.45, 7) is 0. The Morgan fingerprint density at radius 1 is 1.04 bits per heavy atom. The first-order chi connectivity index (χ1) is 10.6. The second-order valence-corrected chi connectivity index (χ2v) is 5.10. The maximum absolute atomic E-state index is 12.5. The standard InChI is InChI=1S/C11H8F6N4OS/c12-10(13,14)8-19-20-9(21(8)18)23-5-6-1-3-7(4-2-6)22-11(15,16)17/h1-4H,5,18H2. The summed E-state index contributed by atoms with van der Waals surface area (Å²) in [5.41, 5.74) is 0.543. The Kier molecular flexibility index (Phi) is 4.63. The summed E-state index contributed by atoms with van der Waals surface area (Å²) in [5, 5.41) is 6.10. The van der Waals surface area contributed by atoms with E-state index in [0.29, 0.717) is 10.2 Å². The molecule has 2 aromatic rings. The second kappa shape index (κ2) is 6.18. The number of rotatable bonds is 4. The number of thioether (sulfide) groups is 1. The van der Waals surface area contributed by atoms with Gasteiger partial charge in [0.25, 0.3) is 5.82 Å². The molecular weight excluding hydrogens is 350 g/mol. The molecule has 0 atom stereocenters. The third-order valence-corrected chi connectivity index (χ3v) is 3.46. The van der Waals surface area contributed by atoms with Gasteiger partial charge in [-0.15, -0.1) is 23.4 Å². The third kappa shape index (κ3) is 4.68. The van der Waals surface area contributed by atoms with Crippen molar-refractivity contribution in [2.75, 3.05) is 5.84 Å². The molecule has 0 spiro atoms. The van der Waals surface area contributed by atoms with E-state index in [2.05, 4.69) is 14.9 Å². The van der Waals surface area contributed by atoms with E-state index in [9.17, 15) is 26.3 Å². The molecule has 0 unspecified atom stereocenters. The van der Waals surface area contributed by atoms with Crippen LogP contribution in [0.5, 0.6) is 5.75 Å². The lowest BCUT2D eigenvalue weighted by molar-refractivity contribution is -0.274. The normalized spacial score (nSPS) is 12.4. The molecule has 0 saturated heterocycles. The summed E-state index contributed by atoms with van der Waals surface area (Å²) in [6.07, 6.45) is -9.52. The van der Waals surface area contributed by atoms with Crippen molar-refractivity contribution in [2.45, 2.75) is 23.4 Å². The summed E-state index contributed by atoms with van der Waals surface area (Å²) in [7, 11) is 0. The van der Waals surface area contributed by atoms with Crippen LogP contribution in [0.4, 0.5) is 26.3 Å². The van der Waals surface area contributed by atoms with Crippen molar-refractivity contribution in [3.63, 3.8) is 0 Å². The predicted molar refractivity (Wildman–Crippen MR) is 67.9 cm³/mol. The number of benzene rings is 1. The number of nitrogens with two attached hydrogens (primary N) is 1. The van der Waals surface area contributed by atoms with Crippen molar-refractivity contribution in [3.8, 4) is 5.75 Å². The highest BCUT2D eigenvalue weighted by Crippen LogP contribution is 2.30. The lowest BCUT2D eigenvalue weighted by Crippen LogP contribution is -2.21. The average Bonchev–Trinajstić information content (AvgIpc) is 2.77. The van der Waals surface area contributed by atoms with Crippen LogP contribution in [0.15, 0.2) is 29.4 Å². The maximum Gasteiger partial charge on any atom is 0.573 e. The van der Waals surface area contributed by atoms with Gasteiger partial charge in [0, 0.05) is 5.75 Å². The van der Waals surface area contributed by atoms with Gasteiger partial charge in [-0.1, -0.05) is 23.9 Å². The summed E-state index contributed by atoms with van der Waals surface area (Å²) < 4.78 is 77.5. The van der Waals surface area contributed by atoms with Crippen molar-refractivity contribution in [3.05, 3.63) is 35.7 Å². The van der Waals surface area contributed by atoms with Gasteiger partial charge in [-0.3, -0.25) is 0 Å². The van der Waals surface area contributed by atoms with Crippen LogP contribution in [0.2, 0.25) is 0 Å². The molecule has 0 radical (unpaired) electrons. The van der Waals surface area contributed by atoms with E-state index >= 15 is 0 Å². The van der Waals surface area contributed by atoms with Gasteiger partial charge in [0.05, 0.1) is 0 Å². The largest absolute Gasteiger partial charge is 0.573 e. The predicted octanol–water partition coefficient (Wildman–Crippen LogP) is 3.20. The Labute approximate surface area is 129 Å². The summed E-state index contributed by atoms with van der Waals surface area (Å²) in [6, 6.07) is 4.88. The Morgan fingerprint density at radius 3 is 2.13 bits per heavy atom. The SMILES string of the molecule is Nn1c(SCc2ccc(OC(F)(F)F)cc2)nnc1C(F)(F)F. The second-order valence-electron chi connectivity index (χ2n) is 4.15. The highest BCUT2D eigenvalue weighted by molar-refractivity contribution is 7.98. The van der Waals surface area contributed by atoms with E-state index in [-0.39, 0.29) is 10.9 Å². The molecule has 0 amide bonds. The fraction of sp³-hybridized carbons (Fsp3) is 0.273. The molecule has 1 heterocycles. The fourth-order valence-electron chi connectivity index (χ4n) is 1.50. The molecule has 1 aromatic heterocycles. The third-order valence-electron chi connectivity index (χ3n) is 2.44. The highest BCUT2D eigenvalue weighted by atomic mass is 32.2. The highest BCUT2D eigenvalue weighted by Gasteiger charge is 2.38. The van der Waals surface area contributed by atoms with Crippen LogP contribution >= 0.6 is 11.8 Å². The average molecular weight is 358 g/mol. The molecule has 1 aromatic carbocycles. The molecule has 0 aliphatic heterocycles. The van der Waals surface area contributed by atoms with E-state index in [0.717, 1.165) is 23.9 Å². The minimum Gasteiger partial charge on any atom is -0.406 e. The van der Waals surface area contributed by atoms with Crippen molar-refractivity contribution in [1.29, 1.82) is 0 Å². The number of hydrogen-bond acceptors (Lipinski definition) is 5. The Morgan fingerprint density at radius 2 is 1.65 bits per heavy atom. The molecular formula is C11H8F6N4OS. The van der Waals surface area contributed by atoms with Crippen LogP contribution in [0, 0.1) is 0 Å². The van der Waals surface area contributed by atoms with Gasteiger partial charge >= 0.3 is 12.5 Å². The number of hydrogen-bond donors (Lipinski definition) is 1. The fourth-order valence-corrected chi connectivity index (χ4v) is 2.32. The zero-order chi connectivity index (χ0) is 17.3. The summed E-state index contributed by atoms with van der Waals surface area (Å²) in [4.78, 5) is 0. The minimum atomic E-state index is -4.79. The van der Waals surface area contributed by atoms with Gasteiger partial charge in [0.15, 0.2) is 0 Å². The Hall–Kier alpha value is -2.11. The Balaban J connectivity index is 2.00. The van der Waals surface area contributed by atoms with Crippen LogP contribution in [0.1, 0.15) is 11.4 Å². The Bertz CT molecular complexity index is 667. The smallest absolute Gasteiger partial charge is 0.406 e. The molecule has 5 nitrogen and oxygen atoms in total. The summed E-state index contributed by atoms with van der Waals surface area (Å²) in [5.74, 6) is 3.66. The van der Waals surface area contributed by atoms with Crippen LogP contribution < -0.4 is 10.6 Å².